The van der Waals surface area contributed by atoms with Crippen molar-refractivity contribution in [1.29, 1.82) is 0 Å². The van der Waals surface area contributed by atoms with Gasteiger partial charge in [0, 0.05) is 4.90 Å². The molecule has 9 heavy (non-hydrogen) atoms. The van der Waals surface area contributed by atoms with E-state index in [4.69, 9.17) is 0 Å². The average molecular weight is 136 g/mol. The number of hydrogen-bond donors (Lipinski definition) is 1. The molecule has 1 rings (SSSR count). The fourth-order valence-corrected chi connectivity index (χ4v) is 0.590. The van der Waals surface area contributed by atoms with E-state index in [0.29, 0.717) is 0 Å². The van der Waals surface area contributed by atoms with Crippen LogP contribution >= 0.6 is 12.6 Å². The summed E-state index contributed by atoms with van der Waals surface area (Å²) in [7, 11) is 0. The molecule has 0 fully saturated rings. The molecule has 0 N–H and O–H groups in total. The van der Waals surface area contributed by atoms with Gasteiger partial charge in [-0.05, 0) is 24.3 Å². The zero-order valence-corrected chi connectivity index (χ0v) is 5.03. The molecule has 0 aliphatic heterocycles. The van der Waals surface area contributed by atoms with Gasteiger partial charge in [-0.1, -0.05) is 0 Å². The fraction of sp³-hybridized carbons (Fsp3) is 0. The molecule has 0 radical (unpaired) electrons. The van der Waals surface area contributed by atoms with E-state index in [1.165, 1.54) is 12.1 Å². The molecule has 1 aromatic carbocycles. The number of benzene rings is 1. The third-order valence-electron chi connectivity index (χ3n) is 0.827. The van der Waals surface area contributed by atoms with Crippen LogP contribution in [0.4, 0.5) is 4.39 Å². The molecule has 0 aliphatic carbocycles. The zero-order valence-electron chi connectivity index (χ0n) is 4.13. The number of hydrogen-bond acceptors (Lipinski definition) is 1. The third-order valence-corrected chi connectivity index (χ3v) is 1.12. The van der Waals surface area contributed by atoms with E-state index in [-0.39, 0.29) is 24.7 Å². The van der Waals surface area contributed by atoms with Crippen molar-refractivity contribution in [2.45, 2.75) is 4.90 Å². The second kappa shape index (κ2) is 4.00. The Bertz CT molecular complexity index is 152. The molecule has 0 atom stereocenters. The minimum absolute atomic E-state index is 0. The topological polar surface area (TPSA) is 0 Å². The van der Waals surface area contributed by atoms with Gasteiger partial charge in [0.1, 0.15) is 5.82 Å². The number of thiol groups is 1. The average Bonchev–Trinajstić information content (AvgIpc) is 1.77. The summed E-state index contributed by atoms with van der Waals surface area (Å²) >= 11 is 3.97. The Morgan fingerprint density at radius 2 is 1.56 bits per heavy atom. The van der Waals surface area contributed by atoms with Gasteiger partial charge in [-0.15, -0.1) is 12.6 Å². The van der Waals surface area contributed by atoms with Crippen molar-refractivity contribution in [3.05, 3.63) is 30.1 Å². The molecule has 0 saturated heterocycles. The van der Waals surface area contributed by atoms with Crippen molar-refractivity contribution in [1.82, 2.24) is 0 Å². The zero-order chi connectivity index (χ0) is 5.98. The molecule has 44 valence electrons. The summed E-state index contributed by atoms with van der Waals surface area (Å²) < 4.78 is 12.1. The van der Waals surface area contributed by atoms with Crippen LogP contribution < -0.4 is 0 Å². The van der Waals surface area contributed by atoms with E-state index in [2.05, 4.69) is 12.6 Å². The van der Waals surface area contributed by atoms with Crippen molar-refractivity contribution in [2.24, 2.45) is 0 Å². The summed E-state index contributed by atoms with van der Waals surface area (Å²) in [5.74, 6) is -0.220. The Labute approximate surface area is 71.0 Å². The van der Waals surface area contributed by atoms with Crippen LogP contribution in [-0.2, 0) is 0 Å². The van der Waals surface area contributed by atoms with Gasteiger partial charge in [-0.3, -0.25) is 0 Å². The molecule has 3 heteroatoms. The third kappa shape index (κ3) is 2.95. The monoisotopic (exact) mass is 136 g/mol. The van der Waals surface area contributed by atoms with Crippen molar-refractivity contribution in [2.75, 3.05) is 0 Å². The first-order valence-electron chi connectivity index (χ1n) is 2.23. The summed E-state index contributed by atoms with van der Waals surface area (Å²) in [6, 6.07) is 5.97. The van der Waals surface area contributed by atoms with Crippen molar-refractivity contribution >= 4 is 31.5 Å². The second-order valence-corrected chi connectivity index (χ2v) is 1.99. The molecule has 0 aromatic heterocycles. The first kappa shape index (κ1) is 9.10. The molecule has 1 aromatic rings. The van der Waals surface area contributed by atoms with Crippen LogP contribution in [0.2, 0.25) is 0 Å². The van der Waals surface area contributed by atoms with E-state index in [1.807, 2.05) is 0 Å². The number of halogens is 1. The molecule has 0 saturated carbocycles. The van der Waals surface area contributed by atoms with E-state index in [1.54, 1.807) is 12.1 Å². The Kier molecular flexibility index (Phi) is 4.04. The van der Waals surface area contributed by atoms with Crippen LogP contribution in [0.15, 0.2) is 29.2 Å². The van der Waals surface area contributed by atoms with Crippen LogP contribution in [0.1, 0.15) is 0 Å². The van der Waals surface area contributed by atoms with Crippen LogP contribution in [0.5, 0.6) is 0 Å². The van der Waals surface area contributed by atoms with Gasteiger partial charge >= 0.3 is 18.9 Å². The summed E-state index contributed by atoms with van der Waals surface area (Å²) in [5, 5.41) is 0. The molecule has 0 amide bonds. The maximum absolute atomic E-state index is 12.1. The Morgan fingerprint density at radius 1 is 1.11 bits per heavy atom. The standard InChI is InChI=1S/C6H5FS.Li.H/c7-5-1-3-6(8)4-2-5;;/h1-4,8H;;. The molecule has 0 spiro atoms. The molecule has 0 nitrogen and oxygen atoms in total. The van der Waals surface area contributed by atoms with Gasteiger partial charge in [-0.2, -0.15) is 0 Å². The van der Waals surface area contributed by atoms with Gasteiger partial charge < -0.3 is 0 Å². The fourth-order valence-electron chi connectivity index (χ4n) is 0.441. The minimum atomic E-state index is -0.220. The summed E-state index contributed by atoms with van der Waals surface area (Å²) in [6.07, 6.45) is 0. The molecule has 0 unspecified atom stereocenters. The Morgan fingerprint density at radius 3 is 1.89 bits per heavy atom. The summed E-state index contributed by atoms with van der Waals surface area (Å²) in [5.41, 5.74) is 0. The van der Waals surface area contributed by atoms with Crippen LogP contribution in [0.25, 0.3) is 0 Å². The first-order chi connectivity index (χ1) is 3.79. The predicted molar refractivity (Wildman–Crippen MR) is 40.8 cm³/mol. The summed E-state index contributed by atoms with van der Waals surface area (Å²) in [6.45, 7) is 0. The van der Waals surface area contributed by atoms with E-state index < -0.39 is 0 Å². The predicted octanol–water partition coefficient (Wildman–Crippen LogP) is 1.47. The summed E-state index contributed by atoms with van der Waals surface area (Å²) in [4.78, 5) is 0.784. The van der Waals surface area contributed by atoms with E-state index in [9.17, 15) is 4.39 Å². The van der Waals surface area contributed by atoms with Gasteiger partial charge in [0.2, 0.25) is 0 Å². The van der Waals surface area contributed by atoms with Gasteiger partial charge in [0.25, 0.3) is 0 Å². The molecule has 0 heterocycles. The molecular weight excluding hydrogens is 130 g/mol. The SMILES string of the molecule is Fc1ccc(S)cc1.[LiH]. The van der Waals surface area contributed by atoms with Gasteiger partial charge in [0.15, 0.2) is 0 Å². The number of rotatable bonds is 0. The van der Waals surface area contributed by atoms with Crippen molar-refractivity contribution < 1.29 is 4.39 Å². The van der Waals surface area contributed by atoms with Crippen molar-refractivity contribution in [3.8, 4) is 0 Å². The Hall–Kier alpha value is 0.0974. The van der Waals surface area contributed by atoms with Gasteiger partial charge in [-0.25, -0.2) is 4.39 Å². The van der Waals surface area contributed by atoms with E-state index >= 15 is 0 Å². The Balaban J connectivity index is 0.000000640. The normalized spacial score (nSPS) is 8.22. The molecule has 0 bridgehead atoms. The molecular formula is C6H6FLiS. The van der Waals surface area contributed by atoms with Crippen LogP contribution in [-0.4, -0.2) is 18.9 Å². The van der Waals surface area contributed by atoms with Crippen LogP contribution in [0.3, 0.4) is 0 Å². The van der Waals surface area contributed by atoms with Crippen molar-refractivity contribution in [3.63, 3.8) is 0 Å². The molecule has 0 aliphatic rings. The van der Waals surface area contributed by atoms with E-state index in [0.717, 1.165) is 4.90 Å². The van der Waals surface area contributed by atoms with Gasteiger partial charge in [0.05, 0.1) is 0 Å². The van der Waals surface area contributed by atoms with Crippen LogP contribution in [0, 0.1) is 5.82 Å². The second-order valence-electron chi connectivity index (χ2n) is 1.48. The first-order valence-corrected chi connectivity index (χ1v) is 2.68. The maximum atomic E-state index is 12.1. The quantitative estimate of drug-likeness (QED) is 0.405.